The van der Waals surface area contributed by atoms with Crippen molar-refractivity contribution in [3.63, 3.8) is 0 Å². The average molecular weight is 435 g/mol. The Morgan fingerprint density at radius 1 is 1.00 bits per heavy atom. The van der Waals surface area contributed by atoms with Crippen LogP contribution in [0.5, 0.6) is 0 Å². The highest BCUT2D eigenvalue weighted by Gasteiger charge is 2.14. The van der Waals surface area contributed by atoms with Crippen LogP contribution < -0.4 is 16.0 Å². The SMILES string of the molecule is C.CCCc1cc(-c2cc(-c3ccc(N4CCNCC4)cc3)cnc2N)cc(F)c1CC. The van der Waals surface area contributed by atoms with Crippen molar-refractivity contribution >= 4 is 11.5 Å². The van der Waals surface area contributed by atoms with Gasteiger partial charge in [-0.3, -0.25) is 0 Å². The summed E-state index contributed by atoms with van der Waals surface area (Å²) in [6.07, 6.45) is 4.31. The van der Waals surface area contributed by atoms with Crippen LogP contribution >= 0.6 is 0 Å². The Morgan fingerprint density at radius 2 is 1.72 bits per heavy atom. The summed E-state index contributed by atoms with van der Waals surface area (Å²) < 4.78 is 14.8. The number of aryl methyl sites for hydroxylation is 1. The number of nitrogens with one attached hydrogen (secondary N) is 1. The number of halogens is 1. The molecule has 0 radical (unpaired) electrons. The second kappa shape index (κ2) is 10.6. The summed E-state index contributed by atoms with van der Waals surface area (Å²) in [4.78, 5) is 6.82. The molecule has 170 valence electrons. The smallest absolute Gasteiger partial charge is 0.131 e. The Hall–Kier alpha value is -2.92. The van der Waals surface area contributed by atoms with E-state index in [1.165, 1.54) is 5.69 Å². The van der Waals surface area contributed by atoms with E-state index in [0.29, 0.717) is 12.2 Å². The molecule has 3 aromatic rings. The van der Waals surface area contributed by atoms with Gasteiger partial charge in [0.25, 0.3) is 0 Å². The Balaban J connectivity index is 0.00000289. The third-order valence-corrected chi connectivity index (χ3v) is 6.07. The first-order valence-corrected chi connectivity index (χ1v) is 11.2. The summed E-state index contributed by atoms with van der Waals surface area (Å²) in [6.45, 7) is 8.18. The molecule has 0 saturated carbocycles. The molecule has 32 heavy (non-hydrogen) atoms. The van der Waals surface area contributed by atoms with Crippen molar-refractivity contribution < 1.29 is 4.39 Å². The number of hydrogen-bond donors (Lipinski definition) is 2. The van der Waals surface area contributed by atoms with Crippen molar-refractivity contribution in [2.24, 2.45) is 0 Å². The van der Waals surface area contributed by atoms with Crippen LogP contribution in [-0.4, -0.2) is 31.2 Å². The highest BCUT2D eigenvalue weighted by atomic mass is 19.1. The molecule has 4 rings (SSSR count). The minimum absolute atomic E-state index is 0. The summed E-state index contributed by atoms with van der Waals surface area (Å²) in [7, 11) is 0. The number of hydrogen-bond acceptors (Lipinski definition) is 4. The van der Waals surface area contributed by atoms with Gasteiger partial charge in [0, 0.05) is 49.2 Å². The quantitative estimate of drug-likeness (QED) is 0.523. The minimum Gasteiger partial charge on any atom is -0.383 e. The van der Waals surface area contributed by atoms with Crippen LogP contribution in [0.3, 0.4) is 0 Å². The maximum atomic E-state index is 14.8. The second-order valence-electron chi connectivity index (χ2n) is 8.14. The molecular formula is C27H35FN4. The Labute approximate surface area is 191 Å². The van der Waals surface area contributed by atoms with Crippen LogP contribution in [0.1, 0.15) is 38.8 Å². The van der Waals surface area contributed by atoms with E-state index in [4.69, 9.17) is 5.73 Å². The van der Waals surface area contributed by atoms with Crippen LogP contribution in [0, 0.1) is 5.82 Å². The molecule has 0 amide bonds. The monoisotopic (exact) mass is 434 g/mol. The standard InChI is InChI=1S/C26H31FN4.CH4/c1-3-5-19-14-20(16-25(27)23(19)4-2)24-15-21(17-30-26(24)28)18-6-8-22(9-7-18)31-12-10-29-11-13-31;/h6-9,14-17,29H,3-5,10-13H2,1-2H3,(H2,28,30);1H4. The molecule has 0 spiro atoms. The van der Waals surface area contributed by atoms with Gasteiger partial charge in [-0.05, 0) is 59.4 Å². The maximum absolute atomic E-state index is 14.8. The topological polar surface area (TPSA) is 54.2 Å². The van der Waals surface area contributed by atoms with Gasteiger partial charge in [0.05, 0.1) is 0 Å². The van der Waals surface area contributed by atoms with E-state index in [-0.39, 0.29) is 13.2 Å². The van der Waals surface area contributed by atoms with Gasteiger partial charge >= 0.3 is 0 Å². The van der Waals surface area contributed by atoms with Gasteiger partial charge in [0.2, 0.25) is 0 Å². The summed E-state index contributed by atoms with van der Waals surface area (Å²) in [6, 6.07) is 14.3. The van der Waals surface area contributed by atoms with Crippen LogP contribution in [-0.2, 0) is 12.8 Å². The molecule has 2 aromatic carbocycles. The number of rotatable bonds is 6. The molecule has 0 atom stereocenters. The predicted octanol–water partition coefficient (Wildman–Crippen LogP) is 5.70. The number of anilines is 2. The average Bonchev–Trinajstić information content (AvgIpc) is 2.80. The molecular weight excluding hydrogens is 399 g/mol. The number of nitrogen functional groups attached to an aromatic ring is 1. The molecule has 3 N–H and O–H groups in total. The lowest BCUT2D eigenvalue weighted by molar-refractivity contribution is 0.589. The number of piperazine rings is 1. The fourth-order valence-electron chi connectivity index (χ4n) is 4.39. The van der Waals surface area contributed by atoms with Crippen molar-refractivity contribution in [2.45, 2.75) is 40.5 Å². The van der Waals surface area contributed by atoms with Gasteiger partial charge < -0.3 is 16.0 Å². The van der Waals surface area contributed by atoms with Crippen molar-refractivity contribution in [2.75, 3.05) is 36.8 Å². The Morgan fingerprint density at radius 3 is 2.38 bits per heavy atom. The summed E-state index contributed by atoms with van der Waals surface area (Å²) in [5, 5.41) is 3.38. The van der Waals surface area contributed by atoms with E-state index in [1.807, 2.05) is 13.0 Å². The molecule has 4 nitrogen and oxygen atoms in total. The number of aromatic nitrogens is 1. The van der Waals surface area contributed by atoms with Crippen molar-refractivity contribution in [3.05, 3.63) is 65.6 Å². The third kappa shape index (κ3) is 4.94. The molecule has 1 aliphatic rings. The fraction of sp³-hybridized carbons (Fsp3) is 0.370. The van der Waals surface area contributed by atoms with E-state index in [2.05, 4.69) is 52.5 Å². The number of benzene rings is 2. The molecule has 1 aromatic heterocycles. The normalized spacial score (nSPS) is 13.7. The van der Waals surface area contributed by atoms with Crippen molar-refractivity contribution in [3.8, 4) is 22.3 Å². The first kappa shape index (κ1) is 23.7. The van der Waals surface area contributed by atoms with Gasteiger partial charge in [-0.2, -0.15) is 0 Å². The molecule has 2 heterocycles. The first-order valence-electron chi connectivity index (χ1n) is 11.2. The van der Waals surface area contributed by atoms with Crippen LogP contribution in [0.15, 0.2) is 48.7 Å². The van der Waals surface area contributed by atoms with Gasteiger partial charge in [-0.25, -0.2) is 9.37 Å². The van der Waals surface area contributed by atoms with E-state index >= 15 is 0 Å². The lowest BCUT2D eigenvalue weighted by Gasteiger charge is -2.29. The number of nitrogens with two attached hydrogens (primary N) is 1. The number of pyridine rings is 1. The largest absolute Gasteiger partial charge is 0.383 e. The zero-order chi connectivity index (χ0) is 21.8. The molecule has 1 saturated heterocycles. The molecule has 0 unspecified atom stereocenters. The Kier molecular flexibility index (Phi) is 7.86. The zero-order valence-electron chi connectivity index (χ0n) is 18.4. The zero-order valence-corrected chi connectivity index (χ0v) is 18.4. The molecule has 1 aliphatic heterocycles. The van der Waals surface area contributed by atoms with E-state index < -0.39 is 0 Å². The second-order valence-corrected chi connectivity index (χ2v) is 8.14. The van der Waals surface area contributed by atoms with Gasteiger partial charge in [-0.15, -0.1) is 0 Å². The first-order chi connectivity index (χ1) is 15.1. The van der Waals surface area contributed by atoms with Crippen molar-refractivity contribution in [1.82, 2.24) is 10.3 Å². The molecule has 0 bridgehead atoms. The summed E-state index contributed by atoms with van der Waals surface area (Å²) >= 11 is 0. The van der Waals surface area contributed by atoms with Crippen LogP contribution in [0.2, 0.25) is 0 Å². The Bertz CT molecular complexity index is 1040. The lowest BCUT2D eigenvalue weighted by Crippen LogP contribution is -2.43. The fourth-order valence-corrected chi connectivity index (χ4v) is 4.39. The summed E-state index contributed by atoms with van der Waals surface area (Å²) in [5.41, 5.74) is 12.9. The molecule has 1 fully saturated rings. The molecule has 5 heteroatoms. The van der Waals surface area contributed by atoms with Crippen molar-refractivity contribution in [1.29, 1.82) is 0 Å². The highest BCUT2D eigenvalue weighted by Crippen LogP contribution is 2.33. The number of nitrogens with zero attached hydrogens (tertiary/aromatic N) is 2. The third-order valence-electron chi connectivity index (χ3n) is 6.07. The van der Waals surface area contributed by atoms with Gasteiger partial charge in [0.1, 0.15) is 11.6 Å². The highest BCUT2D eigenvalue weighted by molar-refractivity contribution is 5.80. The molecule has 0 aliphatic carbocycles. The maximum Gasteiger partial charge on any atom is 0.131 e. The van der Waals surface area contributed by atoms with Gasteiger partial charge in [0.15, 0.2) is 0 Å². The lowest BCUT2D eigenvalue weighted by atomic mass is 9.94. The summed E-state index contributed by atoms with van der Waals surface area (Å²) in [5.74, 6) is 0.265. The predicted molar refractivity (Wildman–Crippen MR) is 135 cm³/mol. The van der Waals surface area contributed by atoms with Gasteiger partial charge in [-0.1, -0.05) is 45.9 Å². The van der Waals surface area contributed by atoms with E-state index in [0.717, 1.165) is 72.4 Å². The van der Waals surface area contributed by atoms with Crippen LogP contribution in [0.4, 0.5) is 15.9 Å². The van der Waals surface area contributed by atoms with E-state index in [1.54, 1.807) is 12.3 Å². The minimum atomic E-state index is -0.159. The van der Waals surface area contributed by atoms with E-state index in [9.17, 15) is 4.39 Å². The van der Waals surface area contributed by atoms with Crippen LogP contribution in [0.25, 0.3) is 22.3 Å².